The fraction of sp³-hybridized carbons (Fsp3) is 0.571. The summed E-state index contributed by atoms with van der Waals surface area (Å²) in [5.41, 5.74) is 8.44. The van der Waals surface area contributed by atoms with Crippen LogP contribution in [-0.2, 0) is 0 Å². The third-order valence-electron chi connectivity index (χ3n) is 3.56. The molecule has 1 aromatic carbocycles. The van der Waals surface area contributed by atoms with E-state index < -0.39 is 0 Å². The van der Waals surface area contributed by atoms with Gasteiger partial charge in [-0.15, -0.1) is 0 Å². The number of likely N-dealkylation sites (N-methyl/N-ethyl adjacent to an activating group) is 1. The van der Waals surface area contributed by atoms with Gasteiger partial charge in [0, 0.05) is 43.5 Å². The second kappa shape index (κ2) is 5.59. The quantitative estimate of drug-likeness (QED) is 0.881. The fourth-order valence-corrected chi connectivity index (χ4v) is 2.49. The van der Waals surface area contributed by atoms with Gasteiger partial charge in [0.1, 0.15) is 5.75 Å². The van der Waals surface area contributed by atoms with Gasteiger partial charge in [-0.3, -0.25) is 0 Å². The Labute approximate surface area is 109 Å². The van der Waals surface area contributed by atoms with E-state index in [2.05, 4.69) is 22.9 Å². The minimum Gasteiger partial charge on any atom is -0.496 e. The van der Waals surface area contributed by atoms with E-state index in [-0.39, 0.29) is 6.04 Å². The molecule has 0 aliphatic carbocycles. The van der Waals surface area contributed by atoms with Crippen LogP contribution in [0.3, 0.4) is 0 Å². The summed E-state index contributed by atoms with van der Waals surface area (Å²) in [4.78, 5) is 4.75. The van der Waals surface area contributed by atoms with Crippen LogP contribution in [0.25, 0.3) is 0 Å². The minimum atomic E-state index is -0.0178. The van der Waals surface area contributed by atoms with Crippen LogP contribution in [0.2, 0.25) is 0 Å². The number of ether oxygens (including phenoxy) is 1. The molecule has 1 atom stereocenters. The van der Waals surface area contributed by atoms with Crippen LogP contribution >= 0.6 is 0 Å². The van der Waals surface area contributed by atoms with E-state index in [4.69, 9.17) is 10.5 Å². The Hall–Kier alpha value is -1.26. The van der Waals surface area contributed by atoms with Crippen molar-refractivity contribution < 1.29 is 4.74 Å². The van der Waals surface area contributed by atoms with E-state index in [1.807, 2.05) is 19.1 Å². The maximum absolute atomic E-state index is 6.11. The van der Waals surface area contributed by atoms with E-state index in [1.165, 1.54) is 5.69 Å². The fourth-order valence-electron chi connectivity index (χ4n) is 2.49. The Balaban J connectivity index is 2.32. The average Bonchev–Trinajstić information content (AvgIpc) is 2.38. The molecule has 1 heterocycles. The Kier molecular flexibility index (Phi) is 4.09. The Morgan fingerprint density at radius 3 is 2.44 bits per heavy atom. The van der Waals surface area contributed by atoms with Gasteiger partial charge in [0.15, 0.2) is 0 Å². The third kappa shape index (κ3) is 2.60. The van der Waals surface area contributed by atoms with Gasteiger partial charge in [-0.2, -0.15) is 0 Å². The predicted molar refractivity (Wildman–Crippen MR) is 75.3 cm³/mol. The number of rotatable bonds is 3. The summed E-state index contributed by atoms with van der Waals surface area (Å²) in [5, 5.41) is 0. The zero-order valence-electron chi connectivity index (χ0n) is 11.5. The molecule has 1 aromatic rings. The Morgan fingerprint density at radius 2 is 1.89 bits per heavy atom. The third-order valence-corrected chi connectivity index (χ3v) is 3.56. The first kappa shape index (κ1) is 13.2. The molecule has 1 aliphatic rings. The SMILES string of the molecule is COc1cccc(N2CCN(C)CC2)c1C(C)N. The highest BCUT2D eigenvalue weighted by molar-refractivity contribution is 5.61. The molecule has 1 fully saturated rings. The van der Waals surface area contributed by atoms with Gasteiger partial charge in [-0.25, -0.2) is 0 Å². The molecule has 0 bridgehead atoms. The van der Waals surface area contributed by atoms with Crippen LogP contribution in [0.4, 0.5) is 5.69 Å². The van der Waals surface area contributed by atoms with Crippen molar-refractivity contribution in [2.45, 2.75) is 13.0 Å². The molecular weight excluding hydrogens is 226 g/mol. The lowest BCUT2D eigenvalue weighted by atomic mass is 10.0. The molecule has 100 valence electrons. The van der Waals surface area contributed by atoms with Gasteiger partial charge < -0.3 is 20.3 Å². The summed E-state index contributed by atoms with van der Waals surface area (Å²) in [5.74, 6) is 0.890. The van der Waals surface area contributed by atoms with Gasteiger partial charge in [0.2, 0.25) is 0 Å². The maximum atomic E-state index is 6.11. The predicted octanol–water partition coefficient (Wildman–Crippen LogP) is 1.47. The van der Waals surface area contributed by atoms with Gasteiger partial charge in [-0.1, -0.05) is 6.07 Å². The van der Waals surface area contributed by atoms with Gasteiger partial charge >= 0.3 is 0 Å². The zero-order chi connectivity index (χ0) is 13.1. The highest BCUT2D eigenvalue weighted by Crippen LogP contribution is 2.33. The number of methoxy groups -OCH3 is 1. The zero-order valence-corrected chi connectivity index (χ0v) is 11.5. The van der Waals surface area contributed by atoms with Gasteiger partial charge in [-0.05, 0) is 26.1 Å². The lowest BCUT2D eigenvalue weighted by molar-refractivity contribution is 0.312. The van der Waals surface area contributed by atoms with Crippen LogP contribution in [0, 0.1) is 0 Å². The standard InChI is InChI=1S/C14H23N3O/c1-11(15)14-12(5-4-6-13(14)18-3)17-9-7-16(2)8-10-17/h4-6,11H,7-10,15H2,1-3H3. The highest BCUT2D eigenvalue weighted by atomic mass is 16.5. The van der Waals surface area contributed by atoms with Crippen LogP contribution < -0.4 is 15.4 Å². The second-order valence-electron chi connectivity index (χ2n) is 4.97. The monoisotopic (exact) mass is 249 g/mol. The van der Waals surface area contributed by atoms with E-state index in [9.17, 15) is 0 Å². The van der Waals surface area contributed by atoms with E-state index in [0.29, 0.717) is 0 Å². The van der Waals surface area contributed by atoms with Crippen LogP contribution in [0.15, 0.2) is 18.2 Å². The van der Waals surface area contributed by atoms with Crippen molar-refractivity contribution in [3.63, 3.8) is 0 Å². The van der Waals surface area contributed by atoms with Crippen molar-refractivity contribution in [3.8, 4) is 5.75 Å². The van der Waals surface area contributed by atoms with Crippen LogP contribution in [0.5, 0.6) is 5.75 Å². The highest BCUT2D eigenvalue weighted by Gasteiger charge is 2.20. The molecule has 4 heteroatoms. The molecule has 0 radical (unpaired) electrons. The maximum Gasteiger partial charge on any atom is 0.125 e. The van der Waals surface area contributed by atoms with Crippen molar-refractivity contribution in [1.82, 2.24) is 4.90 Å². The van der Waals surface area contributed by atoms with Crippen molar-refractivity contribution in [1.29, 1.82) is 0 Å². The van der Waals surface area contributed by atoms with Crippen molar-refractivity contribution >= 4 is 5.69 Å². The second-order valence-corrected chi connectivity index (χ2v) is 4.97. The first-order valence-electron chi connectivity index (χ1n) is 6.49. The molecule has 4 nitrogen and oxygen atoms in total. The molecule has 0 spiro atoms. The summed E-state index contributed by atoms with van der Waals surface area (Å²) in [7, 11) is 3.87. The van der Waals surface area contributed by atoms with Gasteiger partial charge in [0.05, 0.1) is 7.11 Å². The van der Waals surface area contributed by atoms with Gasteiger partial charge in [0.25, 0.3) is 0 Å². The van der Waals surface area contributed by atoms with Crippen LogP contribution in [0.1, 0.15) is 18.5 Å². The molecule has 1 aliphatic heterocycles. The summed E-state index contributed by atoms with van der Waals surface area (Å²) in [6.07, 6.45) is 0. The summed E-state index contributed by atoms with van der Waals surface area (Å²) in [6, 6.07) is 6.15. The van der Waals surface area contributed by atoms with E-state index >= 15 is 0 Å². The smallest absolute Gasteiger partial charge is 0.125 e. The van der Waals surface area contributed by atoms with Crippen molar-refractivity contribution in [2.24, 2.45) is 5.73 Å². The lowest BCUT2D eigenvalue weighted by Crippen LogP contribution is -2.45. The number of hydrogen-bond acceptors (Lipinski definition) is 4. The van der Waals surface area contributed by atoms with Crippen molar-refractivity contribution in [3.05, 3.63) is 23.8 Å². The first-order chi connectivity index (χ1) is 8.63. The first-order valence-corrected chi connectivity index (χ1v) is 6.49. The number of piperazine rings is 1. The number of nitrogens with two attached hydrogens (primary N) is 1. The normalized spacial score (nSPS) is 18.8. The summed E-state index contributed by atoms with van der Waals surface area (Å²) < 4.78 is 5.44. The average molecular weight is 249 g/mol. The molecule has 1 saturated heterocycles. The number of nitrogens with zero attached hydrogens (tertiary/aromatic N) is 2. The van der Waals surface area contributed by atoms with Crippen LogP contribution in [-0.4, -0.2) is 45.2 Å². The number of benzene rings is 1. The largest absolute Gasteiger partial charge is 0.496 e. The summed E-state index contributed by atoms with van der Waals surface area (Å²) in [6.45, 7) is 6.29. The number of anilines is 1. The van der Waals surface area contributed by atoms with Crippen molar-refractivity contribution in [2.75, 3.05) is 45.2 Å². The number of hydrogen-bond donors (Lipinski definition) is 1. The summed E-state index contributed by atoms with van der Waals surface area (Å²) >= 11 is 0. The molecule has 2 rings (SSSR count). The molecule has 0 amide bonds. The Morgan fingerprint density at radius 1 is 1.22 bits per heavy atom. The van der Waals surface area contributed by atoms with E-state index in [0.717, 1.165) is 37.5 Å². The molecule has 0 aromatic heterocycles. The van der Waals surface area contributed by atoms with E-state index in [1.54, 1.807) is 7.11 Å². The molecule has 0 saturated carbocycles. The lowest BCUT2D eigenvalue weighted by Gasteiger charge is -2.36. The topological polar surface area (TPSA) is 41.7 Å². The molecular formula is C14H23N3O. The molecule has 1 unspecified atom stereocenters. The molecule has 2 N–H and O–H groups in total. The molecule has 18 heavy (non-hydrogen) atoms. The Bertz CT molecular complexity index is 398. The minimum absolute atomic E-state index is 0.0178.